The van der Waals surface area contributed by atoms with Crippen LogP contribution in [-0.4, -0.2) is 52.2 Å². The minimum absolute atomic E-state index is 0.0760. The molecule has 0 saturated carbocycles. The third-order valence-corrected chi connectivity index (χ3v) is 5.18. The molecule has 166 valence electrons. The number of halogens is 3. The molecule has 3 aromatic rings. The fraction of sp³-hybridized carbons (Fsp3) is 0.273. The van der Waals surface area contributed by atoms with Gasteiger partial charge >= 0.3 is 6.18 Å². The van der Waals surface area contributed by atoms with Crippen molar-refractivity contribution in [3.8, 4) is 0 Å². The fourth-order valence-corrected chi connectivity index (χ4v) is 3.43. The Hall–Kier alpha value is -3.69. The van der Waals surface area contributed by atoms with E-state index >= 15 is 0 Å². The molecule has 2 aromatic heterocycles. The Morgan fingerprint density at radius 3 is 2.31 bits per heavy atom. The van der Waals surface area contributed by atoms with Gasteiger partial charge in [0.15, 0.2) is 11.6 Å². The van der Waals surface area contributed by atoms with Crippen LogP contribution < -0.4 is 10.2 Å². The van der Waals surface area contributed by atoms with Crippen LogP contribution in [0.2, 0.25) is 0 Å². The van der Waals surface area contributed by atoms with E-state index in [9.17, 15) is 18.0 Å². The predicted octanol–water partition coefficient (Wildman–Crippen LogP) is 3.53. The molecule has 1 saturated heterocycles. The van der Waals surface area contributed by atoms with E-state index in [-0.39, 0.29) is 12.3 Å². The molecule has 1 aromatic carbocycles. The van der Waals surface area contributed by atoms with Crippen molar-refractivity contribution in [1.82, 2.24) is 20.1 Å². The second-order valence-electron chi connectivity index (χ2n) is 7.38. The summed E-state index contributed by atoms with van der Waals surface area (Å²) in [5, 5.41) is 11.6. The second-order valence-corrected chi connectivity index (χ2v) is 7.38. The lowest BCUT2D eigenvalue weighted by Gasteiger charge is -2.35. The number of amides is 1. The summed E-state index contributed by atoms with van der Waals surface area (Å²) in [5.74, 6) is 1.22. The molecule has 3 heterocycles. The normalized spacial score (nSPS) is 14.3. The summed E-state index contributed by atoms with van der Waals surface area (Å²) in [4.78, 5) is 20.4. The quantitative estimate of drug-likeness (QED) is 0.652. The molecule has 1 fully saturated rings. The lowest BCUT2D eigenvalue weighted by molar-refractivity contribution is -0.137. The zero-order valence-corrected chi connectivity index (χ0v) is 17.1. The van der Waals surface area contributed by atoms with Gasteiger partial charge in [-0.05, 0) is 42.0 Å². The Kier molecular flexibility index (Phi) is 6.20. The first-order valence-corrected chi connectivity index (χ1v) is 10.1. The molecule has 1 aliphatic rings. The van der Waals surface area contributed by atoms with Crippen LogP contribution in [0.3, 0.4) is 0 Å². The van der Waals surface area contributed by atoms with Gasteiger partial charge in [-0.15, -0.1) is 10.2 Å². The standard InChI is InChI=1S/C22H21F3N6O/c23-22(24,25)17-5-3-16(4-6-17)14-21(32)31-12-10-30(11-13-31)20-8-7-19(28-29-20)27-18-2-1-9-26-15-18/h1-9,15H,10-14H2,(H,27,28). The lowest BCUT2D eigenvalue weighted by Crippen LogP contribution is -2.49. The number of alkyl halides is 3. The number of hydrogen-bond acceptors (Lipinski definition) is 6. The third kappa shape index (κ3) is 5.32. The molecule has 0 spiro atoms. The average Bonchev–Trinajstić information content (AvgIpc) is 2.80. The van der Waals surface area contributed by atoms with Crippen LogP contribution in [0.5, 0.6) is 0 Å². The van der Waals surface area contributed by atoms with Crippen LogP contribution in [0, 0.1) is 0 Å². The maximum Gasteiger partial charge on any atom is 0.416 e. The average molecular weight is 442 g/mol. The van der Waals surface area contributed by atoms with E-state index in [0.717, 1.165) is 23.6 Å². The van der Waals surface area contributed by atoms with Crippen molar-refractivity contribution < 1.29 is 18.0 Å². The van der Waals surface area contributed by atoms with Gasteiger partial charge in [-0.2, -0.15) is 13.2 Å². The van der Waals surface area contributed by atoms with Gasteiger partial charge in [0.05, 0.1) is 23.9 Å². The Bertz CT molecular complexity index is 1030. The second kappa shape index (κ2) is 9.21. The maximum absolute atomic E-state index is 12.7. The van der Waals surface area contributed by atoms with E-state index in [1.54, 1.807) is 17.3 Å². The highest BCUT2D eigenvalue weighted by Gasteiger charge is 2.30. The van der Waals surface area contributed by atoms with Crippen LogP contribution in [0.4, 0.5) is 30.5 Å². The highest BCUT2D eigenvalue weighted by atomic mass is 19.4. The lowest BCUT2D eigenvalue weighted by atomic mass is 10.1. The molecule has 0 atom stereocenters. The number of benzene rings is 1. The minimum Gasteiger partial charge on any atom is -0.352 e. The van der Waals surface area contributed by atoms with E-state index in [2.05, 4.69) is 20.5 Å². The number of carbonyl (C=O) groups excluding carboxylic acids is 1. The van der Waals surface area contributed by atoms with Crippen LogP contribution in [-0.2, 0) is 17.4 Å². The molecule has 1 N–H and O–H groups in total. The zero-order valence-electron chi connectivity index (χ0n) is 17.1. The molecule has 7 nitrogen and oxygen atoms in total. The van der Waals surface area contributed by atoms with Gasteiger partial charge in [-0.3, -0.25) is 9.78 Å². The van der Waals surface area contributed by atoms with Crippen LogP contribution >= 0.6 is 0 Å². The minimum atomic E-state index is -4.38. The Morgan fingerprint density at radius 1 is 0.969 bits per heavy atom. The van der Waals surface area contributed by atoms with E-state index in [0.29, 0.717) is 37.6 Å². The third-order valence-electron chi connectivity index (χ3n) is 5.18. The Balaban J connectivity index is 1.28. The summed E-state index contributed by atoms with van der Waals surface area (Å²) in [5.41, 5.74) is 0.660. The van der Waals surface area contributed by atoms with E-state index in [1.807, 2.05) is 29.2 Å². The topological polar surface area (TPSA) is 74.2 Å². The number of rotatable bonds is 5. The number of nitrogens with zero attached hydrogens (tertiary/aromatic N) is 5. The van der Waals surface area contributed by atoms with E-state index < -0.39 is 11.7 Å². The SMILES string of the molecule is O=C(Cc1ccc(C(F)(F)F)cc1)N1CCN(c2ccc(Nc3cccnc3)nn2)CC1. The van der Waals surface area contributed by atoms with Gasteiger partial charge in [-0.1, -0.05) is 12.1 Å². The van der Waals surface area contributed by atoms with Gasteiger partial charge in [0.25, 0.3) is 0 Å². The Morgan fingerprint density at radius 2 is 1.72 bits per heavy atom. The van der Waals surface area contributed by atoms with Crippen molar-refractivity contribution in [2.24, 2.45) is 0 Å². The van der Waals surface area contributed by atoms with Crippen molar-refractivity contribution in [3.05, 3.63) is 72.1 Å². The first kappa shape index (κ1) is 21.5. The predicted molar refractivity (Wildman–Crippen MR) is 113 cm³/mol. The largest absolute Gasteiger partial charge is 0.416 e. The first-order chi connectivity index (χ1) is 15.4. The molecule has 1 amide bonds. The number of carbonyl (C=O) groups is 1. The summed E-state index contributed by atoms with van der Waals surface area (Å²) < 4.78 is 38.0. The molecule has 0 aliphatic carbocycles. The fourth-order valence-electron chi connectivity index (χ4n) is 3.43. The molecule has 0 radical (unpaired) electrons. The summed E-state index contributed by atoms with van der Waals surface area (Å²) in [7, 11) is 0. The van der Waals surface area contributed by atoms with Crippen molar-refractivity contribution >= 4 is 23.2 Å². The summed E-state index contributed by atoms with van der Waals surface area (Å²) in [6.45, 7) is 2.22. The Labute approximate surface area is 182 Å². The first-order valence-electron chi connectivity index (χ1n) is 10.1. The number of aromatic nitrogens is 3. The molecule has 0 unspecified atom stereocenters. The van der Waals surface area contributed by atoms with E-state index in [4.69, 9.17) is 0 Å². The zero-order chi connectivity index (χ0) is 22.6. The molecular weight excluding hydrogens is 421 g/mol. The van der Waals surface area contributed by atoms with Crippen LogP contribution in [0.25, 0.3) is 0 Å². The number of pyridine rings is 1. The van der Waals surface area contributed by atoms with Crippen LogP contribution in [0.15, 0.2) is 60.9 Å². The smallest absolute Gasteiger partial charge is 0.352 e. The van der Waals surface area contributed by atoms with Crippen LogP contribution in [0.1, 0.15) is 11.1 Å². The molecule has 1 aliphatic heterocycles. The van der Waals surface area contributed by atoms with Gasteiger partial charge in [-0.25, -0.2) is 0 Å². The maximum atomic E-state index is 12.7. The summed E-state index contributed by atoms with van der Waals surface area (Å²) >= 11 is 0. The highest BCUT2D eigenvalue weighted by molar-refractivity contribution is 5.79. The van der Waals surface area contributed by atoms with Crippen molar-refractivity contribution in [2.45, 2.75) is 12.6 Å². The van der Waals surface area contributed by atoms with Gasteiger partial charge in [0.2, 0.25) is 5.91 Å². The monoisotopic (exact) mass is 442 g/mol. The van der Waals surface area contributed by atoms with E-state index in [1.165, 1.54) is 12.1 Å². The van der Waals surface area contributed by atoms with Gasteiger partial charge in [0.1, 0.15) is 0 Å². The number of nitrogens with one attached hydrogen (secondary N) is 1. The molecule has 0 bridgehead atoms. The molecular formula is C22H21F3N6O. The summed E-state index contributed by atoms with van der Waals surface area (Å²) in [6.07, 6.45) is -0.925. The molecule has 32 heavy (non-hydrogen) atoms. The number of anilines is 3. The van der Waals surface area contributed by atoms with Crippen molar-refractivity contribution in [3.63, 3.8) is 0 Å². The molecule has 4 rings (SSSR count). The van der Waals surface area contributed by atoms with Crippen molar-refractivity contribution in [1.29, 1.82) is 0 Å². The summed E-state index contributed by atoms with van der Waals surface area (Å²) in [6, 6.07) is 12.1. The van der Waals surface area contributed by atoms with Gasteiger partial charge in [0, 0.05) is 32.4 Å². The van der Waals surface area contributed by atoms with Gasteiger partial charge < -0.3 is 15.1 Å². The number of piperazine rings is 1. The molecule has 10 heteroatoms. The highest BCUT2D eigenvalue weighted by Crippen LogP contribution is 2.29. The number of hydrogen-bond donors (Lipinski definition) is 1. The van der Waals surface area contributed by atoms with Crippen molar-refractivity contribution in [2.75, 3.05) is 36.4 Å².